The smallest absolute Gasteiger partial charge is 0.293 e. The van der Waals surface area contributed by atoms with Crippen molar-refractivity contribution in [2.45, 2.75) is 12.3 Å². The number of fused-ring (bicyclic) bond motifs is 1. The number of hydrogen-bond acceptors (Lipinski definition) is 3. The number of nitrogens with one attached hydrogen (secondary N) is 2. The number of alkyl halides is 1. The number of hydrogen-bond donors (Lipinski definition) is 2. The van der Waals surface area contributed by atoms with Gasteiger partial charge in [0.25, 0.3) is 5.91 Å². The third-order valence-corrected chi connectivity index (χ3v) is 3.93. The minimum absolute atomic E-state index is 0.00755. The van der Waals surface area contributed by atoms with Gasteiger partial charge in [-0.1, -0.05) is 29.8 Å². The Balaban J connectivity index is 1.99. The van der Waals surface area contributed by atoms with Crippen LogP contribution in [-0.2, 0) is 4.79 Å². The molecule has 25 heavy (non-hydrogen) atoms. The first-order valence-electron chi connectivity index (χ1n) is 7.49. The van der Waals surface area contributed by atoms with Gasteiger partial charge in [0.1, 0.15) is 16.6 Å². The van der Waals surface area contributed by atoms with Crippen LogP contribution in [0, 0.1) is 0 Å². The molecule has 7 heteroatoms. The van der Waals surface area contributed by atoms with Gasteiger partial charge in [0.05, 0.1) is 0 Å². The first kappa shape index (κ1) is 17.3. The molecule has 1 aromatic heterocycles. The summed E-state index contributed by atoms with van der Waals surface area (Å²) in [6.45, 7) is 1.55. The Hall–Kier alpha value is -2.50. The molecule has 0 aliphatic rings. The lowest BCUT2D eigenvalue weighted by Gasteiger charge is -2.08. The van der Waals surface area contributed by atoms with E-state index in [-0.39, 0.29) is 11.4 Å². The molecule has 0 radical (unpaired) electrons. The number of rotatable bonds is 4. The van der Waals surface area contributed by atoms with Gasteiger partial charge in [0.15, 0.2) is 0 Å². The van der Waals surface area contributed by atoms with Crippen LogP contribution in [0.4, 0.5) is 11.4 Å². The lowest BCUT2D eigenvalue weighted by Crippen LogP contribution is -2.22. The van der Waals surface area contributed by atoms with Crippen LogP contribution in [-0.4, -0.2) is 17.2 Å². The fourth-order valence-corrected chi connectivity index (χ4v) is 2.55. The van der Waals surface area contributed by atoms with Crippen LogP contribution >= 0.6 is 23.2 Å². The van der Waals surface area contributed by atoms with Gasteiger partial charge in [0.2, 0.25) is 11.7 Å². The van der Waals surface area contributed by atoms with E-state index in [4.69, 9.17) is 27.6 Å². The normalized spacial score (nSPS) is 12.0. The Morgan fingerprint density at radius 2 is 1.84 bits per heavy atom. The van der Waals surface area contributed by atoms with Crippen molar-refractivity contribution < 1.29 is 14.0 Å². The van der Waals surface area contributed by atoms with Gasteiger partial charge in [-0.15, -0.1) is 11.6 Å². The predicted octanol–water partition coefficient (Wildman–Crippen LogP) is 4.90. The largest absolute Gasteiger partial charge is 0.449 e. The minimum Gasteiger partial charge on any atom is -0.449 e. The van der Waals surface area contributed by atoms with E-state index in [0.29, 0.717) is 21.7 Å². The van der Waals surface area contributed by atoms with Crippen molar-refractivity contribution in [3.8, 4) is 0 Å². The Morgan fingerprint density at radius 3 is 2.56 bits per heavy atom. The summed E-state index contributed by atoms with van der Waals surface area (Å²) in [6.07, 6.45) is 0. The molecule has 2 N–H and O–H groups in total. The summed E-state index contributed by atoms with van der Waals surface area (Å²) in [5.41, 5.74) is 1.28. The second-order valence-corrected chi connectivity index (χ2v) is 6.46. The van der Waals surface area contributed by atoms with Gasteiger partial charge in [-0.2, -0.15) is 0 Å². The van der Waals surface area contributed by atoms with Crippen molar-refractivity contribution in [3.63, 3.8) is 0 Å². The fourth-order valence-electron chi connectivity index (χ4n) is 2.31. The Morgan fingerprint density at radius 1 is 1.08 bits per heavy atom. The lowest BCUT2D eigenvalue weighted by molar-refractivity contribution is -0.115. The van der Waals surface area contributed by atoms with Crippen LogP contribution in [0.2, 0.25) is 5.02 Å². The van der Waals surface area contributed by atoms with E-state index in [2.05, 4.69) is 10.6 Å². The number of para-hydroxylation sites is 1. The molecule has 0 spiro atoms. The first-order valence-corrected chi connectivity index (χ1v) is 8.30. The number of anilines is 2. The van der Waals surface area contributed by atoms with E-state index in [0.717, 1.165) is 0 Å². The summed E-state index contributed by atoms with van der Waals surface area (Å²) in [5, 5.41) is 5.72. The molecule has 0 aliphatic carbocycles. The molecule has 0 saturated heterocycles. The van der Waals surface area contributed by atoms with Crippen LogP contribution < -0.4 is 10.6 Å². The SMILES string of the molecule is C[C@H](Cl)C(=O)Nc1c(C(=O)Nc2cccc(Cl)c2)oc2ccccc12. The second-order valence-electron chi connectivity index (χ2n) is 5.37. The average Bonchev–Trinajstić information content (AvgIpc) is 2.93. The topological polar surface area (TPSA) is 71.3 Å². The highest BCUT2D eigenvalue weighted by molar-refractivity contribution is 6.33. The van der Waals surface area contributed by atoms with Gasteiger partial charge >= 0.3 is 0 Å². The van der Waals surface area contributed by atoms with E-state index in [1.54, 1.807) is 55.5 Å². The van der Waals surface area contributed by atoms with Crippen molar-refractivity contribution >= 4 is 57.4 Å². The van der Waals surface area contributed by atoms with Crippen LogP contribution in [0.1, 0.15) is 17.5 Å². The number of benzene rings is 2. The molecular formula is C18H14Cl2N2O3. The monoisotopic (exact) mass is 376 g/mol. The van der Waals surface area contributed by atoms with E-state index >= 15 is 0 Å². The van der Waals surface area contributed by atoms with Crippen LogP contribution in [0.15, 0.2) is 52.9 Å². The van der Waals surface area contributed by atoms with E-state index < -0.39 is 17.2 Å². The lowest BCUT2D eigenvalue weighted by atomic mass is 10.2. The molecule has 2 amide bonds. The quantitative estimate of drug-likeness (QED) is 0.635. The maximum absolute atomic E-state index is 12.6. The molecule has 128 valence electrons. The Bertz CT molecular complexity index is 950. The van der Waals surface area contributed by atoms with Gasteiger partial charge < -0.3 is 15.1 Å². The number of furan rings is 1. The molecule has 1 atom stereocenters. The highest BCUT2D eigenvalue weighted by Gasteiger charge is 2.23. The Labute approximate surface area is 153 Å². The van der Waals surface area contributed by atoms with E-state index in [1.807, 2.05) is 0 Å². The van der Waals surface area contributed by atoms with Crippen molar-refractivity contribution in [2.75, 3.05) is 10.6 Å². The van der Waals surface area contributed by atoms with E-state index in [1.165, 1.54) is 0 Å². The zero-order chi connectivity index (χ0) is 18.0. The van der Waals surface area contributed by atoms with Crippen LogP contribution in [0.5, 0.6) is 0 Å². The molecule has 1 heterocycles. The number of amides is 2. The summed E-state index contributed by atoms with van der Waals surface area (Å²) in [7, 11) is 0. The summed E-state index contributed by atoms with van der Waals surface area (Å²) in [6, 6.07) is 13.8. The van der Waals surface area contributed by atoms with Crippen LogP contribution in [0.3, 0.4) is 0 Å². The minimum atomic E-state index is -0.752. The third-order valence-electron chi connectivity index (χ3n) is 3.49. The highest BCUT2D eigenvalue weighted by Crippen LogP contribution is 2.32. The molecule has 0 bridgehead atoms. The molecule has 3 rings (SSSR count). The number of halogens is 2. The second kappa shape index (κ2) is 7.17. The molecular weight excluding hydrogens is 363 g/mol. The fraction of sp³-hybridized carbons (Fsp3) is 0.111. The first-order chi connectivity index (χ1) is 12.0. The average molecular weight is 377 g/mol. The van der Waals surface area contributed by atoms with E-state index in [9.17, 15) is 9.59 Å². The maximum atomic E-state index is 12.6. The van der Waals surface area contributed by atoms with Crippen molar-refractivity contribution in [1.29, 1.82) is 0 Å². The number of carbonyl (C=O) groups is 2. The molecule has 0 aliphatic heterocycles. The number of carbonyl (C=O) groups excluding carboxylic acids is 2. The summed E-state index contributed by atoms with van der Waals surface area (Å²) < 4.78 is 5.64. The summed E-state index contributed by atoms with van der Waals surface area (Å²) in [4.78, 5) is 24.6. The van der Waals surface area contributed by atoms with Crippen LogP contribution in [0.25, 0.3) is 11.0 Å². The third kappa shape index (κ3) is 3.78. The zero-order valence-electron chi connectivity index (χ0n) is 13.2. The zero-order valence-corrected chi connectivity index (χ0v) is 14.7. The summed E-state index contributed by atoms with van der Waals surface area (Å²) in [5.74, 6) is -0.937. The molecule has 3 aromatic rings. The molecule has 2 aromatic carbocycles. The predicted molar refractivity (Wildman–Crippen MR) is 99.6 cm³/mol. The van der Waals surface area contributed by atoms with Crippen molar-refractivity contribution in [1.82, 2.24) is 0 Å². The molecule has 0 fully saturated rings. The Kier molecular flexibility index (Phi) is 4.97. The highest BCUT2D eigenvalue weighted by atomic mass is 35.5. The van der Waals surface area contributed by atoms with Gasteiger partial charge in [-0.25, -0.2) is 0 Å². The van der Waals surface area contributed by atoms with Gasteiger partial charge in [-0.05, 0) is 37.3 Å². The summed E-state index contributed by atoms with van der Waals surface area (Å²) >= 11 is 11.7. The van der Waals surface area contributed by atoms with Crippen molar-refractivity contribution in [3.05, 3.63) is 59.3 Å². The molecule has 0 saturated carbocycles. The maximum Gasteiger partial charge on any atom is 0.293 e. The molecule has 0 unspecified atom stereocenters. The van der Waals surface area contributed by atoms with Gasteiger partial charge in [-0.3, -0.25) is 9.59 Å². The van der Waals surface area contributed by atoms with Crippen molar-refractivity contribution in [2.24, 2.45) is 0 Å². The molecule has 5 nitrogen and oxygen atoms in total. The standard InChI is InChI=1S/C18H14Cl2N2O3/c1-10(19)17(23)22-15-13-7-2-3-8-14(13)25-16(15)18(24)21-12-6-4-5-11(20)9-12/h2-10H,1H3,(H,21,24)(H,22,23)/t10-/m0/s1. The van der Waals surface area contributed by atoms with Gasteiger partial charge in [0, 0.05) is 16.1 Å².